The lowest BCUT2D eigenvalue weighted by molar-refractivity contribution is 0.0599. The van der Waals surface area contributed by atoms with E-state index in [-0.39, 0.29) is 5.97 Å². The van der Waals surface area contributed by atoms with E-state index >= 15 is 0 Å². The first kappa shape index (κ1) is 15.0. The quantitative estimate of drug-likeness (QED) is 0.835. The minimum atomic E-state index is -0.257. The molecule has 0 heterocycles. The first-order chi connectivity index (χ1) is 9.72. The van der Waals surface area contributed by atoms with Crippen molar-refractivity contribution < 1.29 is 9.53 Å². The van der Waals surface area contributed by atoms with E-state index in [2.05, 4.69) is 12.2 Å². The van der Waals surface area contributed by atoms with E-state index in [1.54, 1.807) is 0 Å². The number of esters is 1. The van der Waals surface area contributed by atoms with E-state index in [0.29, 0.717) is 11.6 Å². The highest BCUT2D eigenvalue weighted by Gasteiger charge is 2.20. The molecule has 3 heteroatoms. The summed E-state index contributed by atoms with van der Waals surface area (Å²) in [5.41, 5.74) is 1.68. The standard InChI is InChI=1S/C17H25NO2/c1-13(14-8-4-3-5-9-14)18-12-15-10-6-7-11-16(15)17(19)20-2/h6-7,10-11,13-14,18H,3-5,8-9,12H2,1-2H3/t13-/m1/s1. The average Bonchev–Trinajstić information content (AvgIpc) is 2.53. The molecule has 1 fully saturated rings. The van der Waals surface area contributed by atoms with E-state index in [0.717, 1.165) is 18.0 Å². The summed E-state index contributed by atoms with van der Waals surface area (Å²) in [4.78, 5) is 11.7. The van der Waals surface area contributed by atoms with Gasteiger partial charge >= 0.3 is 5.97 Å². The molecule has 1 saturated carbocycles. The Balaban J connectivity index is 1.94. The Labute approximate surface area is 121 Å². The van der Waals surface area contributed by atoms with Gasteiger partial charge in [-0.1, -0.05) is 37.5 Å². The van der Waals surface area contributed by atoms with E-state index in [4.69, 9.17) is 4.74 Å². The molecule has 0 unspecified atom stereocenters. The van der Waals surface area contributed by atoms with Crippen LogP contribution in [0.5, 0.6) is 0 Å². The third kappa shape index (κ3) is 3.83. The molecule has 20 heavy (non-hydrogen) atoms. The summed E-state index contributed by atoms with van der Waals surface area (Å²) in [5, 5.41) is 3.58. The van der Waals surface area contributed by atoms with Gasteiger partial charge in [-0.05, 0) is 37.3 Å². The van der Waals surface area contributed by atoms with Crippen molar-refractivity contribution in [1.29, 1.82) is 0 Å². The van der Waals surface area contributed by atoms with Crippen molar-refractivity contribution in [3.05, 3.63) is 35.4 Å². The largest absolute Gasteiger partial charge is 0.465 e. The van der Waals surface area contributed by atoms with Crippen LogP contribution in [0.25, 0.3) is 0 Å². The number of rotatable bonds is 5. The Bertz CT molecular complexity index is 438. The molecular weight excluding hydrogens is 250 g/mol. The van der Waals surface area contributed by atoms with Gasteiger partial charge in [-0.3, -0.25) is 0 Å². The number of methoxy groups -OCH3 is 1. The molecule has 0 amide bonds. The van der Waals surface area contributed by atoms with Crippen LogP contribution in [0.15, 0.2) is 24.3 Å². The molecule has 0 aliphatic heterocycles. The van der Waals surface area contributed by atoms with Gasteiger partial charge in [0.05, 0.1) is 12.7 Å². The van der Waals surface area contributed by atoms with Crippen LogP contribution in [0, 0.1) is 5.92 Å². The normalized spacial score (nSPS) is 17.7. The highest BCUT2D eigenvalue weighted by molar-refractivity contribution is 5.90. The van der Waals surface area contributed by atoms with Crippen molar-refractivity contribution in [2.24, 2.45) is 5.92 Å². The van der Waals surface area contributed by atoms with Crippen LogP contribution in [-0.4, -0.2) is 19.1 Å². The summed E-state index contributed by atoms with van der Waals surface area (Å²) in [7, 11) is 1.43. The van der Waals surface area contributed by atoms with Crippen molar-refractivity contribution in [2.75, 3.05) is 7.11 Å². The monoisotopic (exact) mass is 275 g/mol. The maximum Gasteiger partial charge on any atom is 0.338 e. The van der Waals surface area contributed by atoms with Gasteiger partial charge in [0.1, 0.15) is 0 Å². The number of hydrogen-bond donors (Lipinski definition) is 1. The van der Waals surface area contributed by atoms with Crippen molar-refractivity contribution in [1.82, 2.24) is 5.32 Å². The highest BCUT2D eigenvalue weighted by atomic mass is 16.5. The first-order valence-corrected chi connectivity index (χ1v) is 7.62. The number of hydrogen-bond acceptors (Lipinski definition) is 3. The van der Waals surface area contributed by atoms with Gasteiger partial charge < -0.3 is 10.1 Å². The smallest absolute Gasteiger partial charge is 0.338 e. The molecule has 1 aromatic rings. The molecule has 0 aromatic heterocycles. The lowest BCUT2D eigenvalue weighted by Gasteiger charge is -2.28. The van der Waals surface area contributed by atoms with Gasteiger partial charge in [-0.25, -0.2) is 4.79 Å². The molecule has 1 aliphatic carbocycles. The lowest BCUT2D eigenvalue weighted by Crippen LogP contribution is -2.34. The molecule has 1 atom stereocenters. The van der Waals surface area contributed by atoms with Crippen LogP contribution in [0.2, 0.25) is 0 Å². The molecule has 1 N–H and O–H groups in total. The molecule has 3 nitrogen and oxygen atoms in total. The Kier molecular flexibility index (Phi) is 5.60. The van der Waals surface area contributed by atoms with Crippen LogP contribution < -0.4 is 5.32 Å². The van der Waals surface area contributed by atoms with Gasteiger partial charge in [0, 0.05) is 12.6 Å². The van der Waals surface area contributed by atoms with E-state index in [1.807, 2.05) is 24.3 Å². The highest BCUT2D eigenvalue weighted by Crippen LogP contribution is 2.26. The summed E-state index contributed by atoms with van der Waals surface area (Å²) in [6.07, 6.45) is 6.75. The Morgan fingerprint density at radius 3 is 2.70 bits per heavy atom. The molecule has 1 aromatic carbocycles. The fraction of sp³-hybridized carbons (Fsp3) is 0.588. The number of carbonyl (C=O) groups is 1. The minimum Gasteiger partial charge on any atom is -0.465 e. The van der Waals surface area contributed by atoms with E-state index < -0.39 is 0 Å². The maximum absolute atomic E-state index is 11.7. The number of ether oxygens (including phenoxy) is 1. The van der Waals surface area contributed by atoms with Crippen LogP contribution in [0.4, 0.5) is 0 Å². The summed E-state index contributed by atoms with van der Waals surface area (Å²) >= 11 is 0. The topological polar surface area (TPSA) is 38.3 Å². The first-order valence-electron chi connectivity index (χ1n) is 7.62. The summed E-state index contributed by atoms with van der Waals surface area (Å²) in [5.74, 6) is 0.516. The van der Waals surface area contributed by atoms with Crippen molar-refractivity contribution >= 4 is 5.97 Å². The predicted molar refractivity (Wildman–Crippen MR) is 80.7 cm³/mol. The Morgan fingerprint density at radius 2 is 2.00 bits per heavy atom. The van der Waals surface area contributed by atoms with Gasteiger partial charge in [0.25, 0.3) is 0 Å². The molecule has 0 saturated heterocycles. The van der Waals surface area contributed by atoms with E-state index in [1.165, 1.54) is 39.2 Å². The Morgan fingerprint density at radius 1 is 1.30 bits per heavy atom. The van der Waals surface area contributed by atoms with Crippen LogP contribution >= 0.6 is 0 Å². The zero-order valence-electron chi connectivity index (χ0n) is 12.5. The van der Waals surface area contributed by atoms with E-state index in [9.17, 15) is 4.79 Å². The molecule has 0 radical (unpaired) electrons. The molecule has 1 aliphatic rings. The third-order valence-electron chi connectivity index (χ3n) is 4.39. The molecule has 0 spiro atoms. The van der Waals surface area contributed by atoms with Crippen molar-refractivity contribution in [3.8, 4) is 0 Å². The zero-order chi connectivity index (χ0) is 14.4. The molecule has 2 rings (SSSR count). The lowest BCUT2D eigenvalue weighted by atomic mass is 9.84. The maximum atomic E-state index is 11.7. The van der Waals surface area contributed by atoms with Crippen LogP contribution in [0.3, 0.4) is 0 Å². The van der Waals surface area contributed by atoms with Crippen molar-refractivity contribution in [3.63, 3.8) is 0 Å². The number of benzene rings is 1. The predicted octanol–water partition coefficient (Wildman–Crippen LogP) is 3.53. The molecule has 0 bridgehead atoms. The summed E-state index contributed by atoms with van der Waals surface area (Å²) in [6.45, 7) is 2.99. The summed E-state index contributed by atoms with van der Waals surface area (Å²) < 4.78 is 4.83. The second-order valence-corrected chi connectivity index (χ2v) is 5.72. The summed E-state index contributed by atoms with van der Waals surface area (Å²) in [6, 6.07) is 8.16. The van der Waals surface area contributed by atoms with Gasteiger partial charge in [0.2, 0.25) is 0 Å². The second kappa shape index (κ2) is 7.44. The second-order valence-electron chi connectivity index (χ2n) is 5.72. The van der Waals surface area contributed by atoms with Gasteiger partial charge in [-0.2, -0.15) is 0 Å². The van der Waals surface area contributed by atoms with Crippen LogP contribution in [-0.2, 0) is 11.3 Å². The van der Waals surface area contributed by atoms with Gasteiger partial charge in [0.15, 0.2) is 0 Å². The number of nitrogens with one attached hydrogen (secondary N) is 1. The average molecular weight is 275 g/mol. The fourth-order valence-electron chi connectivity index (χ4n) is 3.06. The number of carbonyl (C=O) groups excluding carboxylic acids is 1. The zero-order valence-corrected chi connectivity index (χ0v) is 12.5. The third-order valence-corrected chi connectivity index (χ3v) is 4.39. The fourth-order valence-corrected chi connectivity index (χ4v) is 3.06. The van der Waals surface area contributed by atoms with Crippen molar-refractivity contribution in [2.45, 2.75) is 51.6 Å². The van der Waals surface area contributed by atoms with Crippen LogP contribution in [0.1, 0.15) is 54.9 Å². The minimum absolute atomic E-state index is 0.257. The Hall–Kier alpha value is -1.35. The van der Waals surface area contributed by atoms with Gasteiger partial charge in [-0.15, -0.1) is 0 Å². The molecular formula is C17H25NO2. The SMILES string of the molecule is COC(=O)c1ccccc1CN[C@H](C)C1CCCCC1. The molecule has 110 valence electrons.